The van der Waals surface area contributed by atoms with Gasteiger partial charge in [0.05, 0.1) is 10.6 Å². The van der Waals surface area contributed by atoms with Crippen molar-refractivity contribution in [3.63, 3.8) is 0 Å². The Labute approximate surface area is 161 Å². The number of carbonyl (C=O) groups is 2. The molecule has 148 valence electrons. The standard InChI is InChI=1S/C19H12F2N2O6/c20-12-3-1-11(2-4-12)16-7-8-17(29-16)19(25)28-10-18(24)22-15-9-13(23(26)27)5-6-14(15)21/h1-9H,10H2,(H,22,24). The molecule has 0 fully saturated rings. The number of carbonyl (C=O) groups excluding carboxylic acids is 2. The first-order chi connectivity index (χ1) is 13.8. The first-order valence-electron chi connectivity index (χ1n) is 8.10. The summed E-state index contributed by atoms with van der Waals surface area (Å²) in [5, 5.41) is 12.8. The van der Waals surface area contributed by atoms with Gasteiger partial charge in [0.2, 0.25) is 5.76 Å². The minimum Gasteiger partial charge on any atom is -0.450 e. The number of nitro groups is 1. The van der Waals surface area contributed by atoms with Gasteiger partial charge in [0.15, 0.2) is 6.61 Å². The second kappa shape index (κ2) is 8.30. The van der Waals surface area contributed by atoms with E-state index in [4.69, 9.17) is 9.15 Å². The van der Waals surface area contributed by atoms with Crippen molar-refractivity contribution < 1.29 is 32.4 Å². The third kappa shape index (κ3) is 4.80. The number of nitro benzene ring substituents is 1. The third-order valence-corrected chi connectivity index (χ3v) is 3.71. The van der Waals surface area contributed by atoms with E-state index in [0.29, 0.717) is 11.3 Å². The van der Waals surface area contributed by atoms with E-state index in [1.807, 2.05) is 0 Å². The van der Waals surface area contributed by atoms with Crippen molar-refractivity contribution in [1.29, 1.82) is 0 Å². The van der Waals surface area contributed by atoms with Crippen molar-refractivity contribution in [2.45, 2.75) is 0 Å². The Morgan fingerprint density at radius 2 is 1.79 bits per heavy atom. The number of amides is 1. The first kappa shape index (κ1) is 19.7. The van der Waals surface area contributed by atoms with Crippen LogP contribution in [-0.4, -0.2) is 23.4 Å². The van der Waals surface area contributed by atoms with E-state index in [-0.39, 0.29) is 5.76 Å². The molecule has 0 aliphatic carbocycles. The van der Waals surface area contributed by atoms with Gasteiger partial charge in [0.1, 0.15) is 17.4 Å². The monoisotopic (exact) mass is 402 g/mol. The fraction of sp³-hybridized carbons (Fsp3) is 0.0526. The van der Waals surface area contributed by atoms with Crippen LogP contribution in [-0.2, 0) is 9.53 Å². The van der Waals surface area contributed by atoms with Crippen LogP contribution in [0.1, 0.15) is 10.6 Å². The van der Waals surface area contributed by atoms with Crippen molar-refractivity contribution in [3.8, 4) is 11.3 Å². The van der Waals surface area contributed by atoms with Crippen LogP contribution in [0.5, 0.6) is 0 Å². The van der Waals surface area contributed by atoms with Crippen LogP contribution in [0.25, 0.3) is 11.3 Å². The van der Waals surface area contributed by atoms with E-state index < -0.39 is 46.4 Å². The molecule has 0 atom stereocenters. The van der Waals surface area contributed by atoms with E-state index in [1.165, 1.54) is 36.4 Å². The molecule has 8 nitrogen and oxygen atoms in total. The largest absolute Gasteiger partial charge is 0.450 e. The summed E-state index contributed by atoms with van der Waals surface area (Å²) in [4.78, 5) is 33.8. The van der Waals surface area contributed by atoms with E-state index >= 15 is 0 Å². The molecule has 0 bridgehead atoms. The Bertz CT molecular complexity index is 1080. The summed E-state index contributed by atoms with van der Waals surface area (Å²) in [5.74, 6) is -3.06. The molecule has 0 unspecified atom stereocenters. The Hall–Kier alpha value is -4.08. The number of ether oxygens (including phenoxy) is 1. The van der Waals surface area contributed by atoms with Crippen LogP contribution in [0.15, 0.2) is 59.0 Å². The molecule has 1 amide bonds. The maximum atomic E-state index is 13.7. The number of halogens is 2. The summed E-state index contributed by atoms with van der Waals surface area (Å²) in [6, 6.07) is 10.8. The van der Waals surface area contributed by atoms with Crippen LogP contribution in [0.4, 0.5) is 20.2 Å². The predicted octanol–water partition coefficient (Wildman–Crippen LogP) is 3.93. The van der Waals surface area contributed by atoms with Crippen LogP contribution < -0.4 is 5.32 Å². The van der Waals surface area contributed by atoms with Crippen molar-refractivity contribution in [1.82, 2.24) is 0 Å². The molecule has 1 heterocycles. The van der Waals surface area contributed by atoms with Crippen LogP contribution in [0, 0.1) is 21.7 Å². The molecule has 1 N–H and O–H groups in total. The van der Waals surface area contributed by atoms with Crippen molar-refractivity contribution in [2.75, 3.05) is 11.9 Å². The Balaban J connectivity index is 1.59. The normalized spacial score (nSPS) is 10.4. The van der Waals surface area contributed by atoms with Gasteiger partial charge in [0, 0.05) is 17.7 Å². The Morgan fingerprint density at radius 1 is 1.07 bits per heavy atom. The molecule has 29 heavy (non-hydrogen) atoms. The van der Waals surface area contributed by atoms with Gasteiger partial charge in [0.25, 0.3) is 11.6 Å². The maximum Gasteiger partial charge on any atom is 0.374 e. The number of non-ortho nitro benzene ring substituents is 1. The number of nitrogens with one attached hydrogen (secondary N) is 1. The lowest BCUT2D eigenvalue weighted by atomic mass is 10.2. The molecule has 0 saturated heterocycles. The molecule has 0 aliphatic rings. The van der Waals surface area contributed by atoms with E-state index in [2.05, 4.69) is 5.32 Å². The second-order valence-corrected chi connectivity index (χ2v) is 5.72. The smallest absolute Gasteiger partial charge is 0.374 e. The number of furan rings is 1. The highest BCUT2D eigenvalue weighted by molar-refractivity contribution is 5.95. The average molecular weight is 402 g/mol. The number of hydrogen-bond donors (Lipinski definition) is 1. The van der Waals surface area contributed by atoms with Crippen LogP contribution >= 0.6 is 0 Å². The Morgan fingerprint density at radius 3 is 2.48 bits per heavy atom. The van der Waals surface area contributed by atoms with E-state index in [9.17, 15) is 28.5 Å². The molecule has 3 aromatic rings. The highest BCUT2D eigenvalue weighted by Crippen LogP contribution is 2.23. The van der Waals surface area contributed by atoms with Gasteiger partial charge >= 0.3 is 5.97 Å². The zero-order valence-corrected chi connectivity index (χ0v) is 14.6. The van der Waals surface area contributed by atoms with Gasteiger partial charge in [-0.2, -0.15) is 0 Å². The van der Waals surface area contributed by atoms with Crippen molar-refractivity contribution in [3.05, 3.63) is 82.1 Å². The molecule has 10 heteroatoms. The van der Waals surface area contributed by atoms with Crippen molar-refractivity contribution >= 4 is 23.3 Å². The van der Waals surface area contributed by atoms with Gasteiger partial charge in [-0.25, -0.2) is 13.6 Å². The number of hydrogen-bond acceptors (Lipinski definition) is 6. The fourth-order valence-corrected chi connectivity index (χ4v) is 2.33. The van der Waals surface area contributed by atoms with Gasteiger partial charge < -0.3 is 14.5 Å². The molecular weight excluding hydrogens is 390 g/mol. The first-order valence-corrected chi connectivity index (χ1v) is 8.10. The zero-order chi connectivity index (χ0) is 21.0. The molecule has 0 saturated carbocycles. The summed E-state index contributed by atoms with van der Waals surface area (Å²) in [6.07, 6.45) is 0. The third-order valence-electron chi connectivity index (χ3n) is 3.71. The summed E-state index contributed by atoms with van der Waals surface area (Å²) < 4.78 is 36.7. The minimum atomic E-state index is -0.951. The number of esters is 1. The molecular formula is C19H12F2N2O6. The summed E-state index contributed by atoms with van der Waals surface area (Å²) in [5.41, 5.74) is -0.302. The maximum absolute atomic E-state index is 13.7. The highest BCUT2D eigenvalue weighted by atomic mass is 19.1. The average Bonchev–Trinajstić information content (AvgIpc) is 3.18. The van der Waals surface area contributed by atoms with E-state index in [1.54, 1.807) is 0 Å². The van der Waals surface area contributed by atoms with E-state index in [0.717, 1.165) is 18.2 Å². The lowest BCUT2D eigenvalue weighted by Crippen LogP contribution is -2.21. The second-order valence-electron chi connectivity index (χ2n) is 5.72. The number of anilines is 1. The van der Waals surface area contributed by atoms with Gasteiger partial charge in [-0.15, -0.1) is 0 Å². The molecule has 3 rings (SSSR count). The molecule has 2 aromatic carbocycles. The zero-order valence-electron chi connectivity index (χ0n) is 14.6. The quantitative estimate of drug-likeness (QED) is 0.380. The predicted molar refractivity (Wildman–Crippen MR) is 96.1 cm³/mol. The summed E-state index contributed by atoms with van der Waals surface area (Å²) in [6.45, 7) is -0.770. The number of rotatable bonds is 6. The Kier molecular flexibility index (Phi) is 5.63. The lowest BCUT2D eigenvalue weighted by Gasteiger charge is -2.06. The topological polar surface area (TPSA) is 112 Å². The molecule has 0 spiro atoms. The molecule has 0 radical (unpaired) electrons. The summed E-state index contributed by atoms with van der Waals surface area (Å²) in [7, 11) is 0. The van der Waals surface area contributed by atoms with Gasteiger partial charge in [-0.3, -0.25) is 14.9 Å². The van der Waals surface area contributed by atoms with Crippen LogP contribution in [0.3, 0.4) is 0 Å². The van der Waals surface area contributed by atoms with Gasteiger partial charge in [-0.1, -0.05) is 0 Å². The molecule has 0 aliphatic heterocycles. The lowest BCUT2D eigenvalue weighted by molar-refractivity contribution is -0.384. The highest BCUT2D eigenvalue weighted by Gasteiger charge is 2.17. The number of nitrogens with zero attached hydrogens (tertiary/aromatic N) is 1. The fourth-order valence-electron chi connectivity index (χ4n) is 2.33. The van der Waals surface area contributed by atoms with Gasteiger partial charge in [-0.05, 0) is 42.5 Å². The van der Waals surface area contributed by atoms with Crippen LogP contribution in [0.2, 0.25) is 0 Å². The summed E-state index contributed by atoms with van der Waals surface area (Å²) >= 11 is 0. The minimum absolute atomic E-state index is 0.196. The molecule has 1 aromatic heterocycles. The van der Waals surface area contributed by atoms with Crippen molar-refractivity contribution in [2.24, 2.45) is 0 Å². The number of benzene rings is 2. The SMILES string of the molecule is O=C(COC(=O)c1ccc(-c2ccc(F)cc2)o1)Nc1cc([N+](=O)[O-])ccc1F.